The van der Waals surface area contributed by atoms with Crippen LogP contribution in [0.1, 0.15) is 25.3 Å². The van der Waals surface area contributed by atoms with Crippen LogP contribution in [0.25, 0.3) is 11.0 Å². The average molecular weight is 334 g/mol. The number of nitrogens with zero attached hydrogens (tertiary/aromatic N) is 2. The Morgan fingerprint density at radius 1 is 1.09 bits per heavy atom. The summed E-state index contributed by atoms with van der Waals surface area (Å²) in [5.41, 5.74) is 1.90. The van der Waals surface area contributed by atoms with Crippen LogP contribution in [0.5, 0.6) is 5.75 Å². The van der Waals surface area contributed by atoms with Gasteiger partial charge in [0.15, 0.2) is 0 Å². The van der Waals surface area contributed by atoms with Crippen molar-refractivity contribution in [1.29, 1.82) is 0 Å². The number of aromatic nitrogens is 2. The second-order valence-corrected chi connectivity index (χ2v) is 7.20. The van der Waals surface area contributed by atoms with Crippen LogP contribution in [-0.2, 0) is 10.1 Å². The molecular weight excluding hydrogens is 320 g/mol. The van der Waals surface area contributed by atoms with Crippen LogP contribution >= 0.6 is 11.7 Å². The van der Waals surface area contributed by atoms with Gasteiger partial charge in [-0.25, -0.2) is 0 Å². The fraction of sp³-hybridized carbons (Fsp3) is 0.200. The lowest BCUT2D eigenvalue weighted by Crippen LogP contribution is -2.10. The fourth-order valence-corrected chi connectivity index (χ4v) is 3.77. The van der Waals surface area contributed by atoms with Crippen LogP contribution in [0.3, 0.4) is 0 Å². The van der Waals surface area contributed by atoms with Gasteiger partial charge >= 0.3 is 10.1 Å². The minimum absolute atomic E-state index is 0.0358. The molecule has 3 aromatic rings. The maximum absolute atomic E-state index is 12.5. The van der Waals surface area contributed by atoms with Gasteiger partial charge in [0.05, 0.1) is 11.7 Å². The molecule has 22 heavy (non-hydrogen) atoms. The van der Waals surface area contributed by atoms with E-state index in [9.17, 15) is 8.42 Å². The molecule has 0 radical (unpaired) electrons. The van der Waals surface area contributed by atoms with E-state index >= 15 is 0 Å². The van der Waals surface area contributed by atoms with Crippen LogP contribution in [0, 0.1) is 0 Å². The minimum atomic E-state index is -3.95. The van der Waals surface area contributed by atoms with Crippen LogP contribution in [0.2, 0.25) is 0 Å². The molecule has 0 saturated carbocycles. The van der Waals surface area contributed by atoms with E-state index in [0.717, 1.165) is 17.3 Å². The summed E-state index contributed by atoms with van der Waals surface area (Å²) < 4.78 is 38.4. The molecule has 0 atom stereocenters. The quantitative estimate of drug-likeness (QED) is 0.682. The van der Waals surface area contributed by atoms with Gasteiger partial charge in [0.1, 0.15) is 21.7 Å². The number of benzene rings is 2. The second-order valence-electron chi connectivity index (χ2n) is 5.15. The van der Waals surface area contributed by atoms with E-state index in [4.69, 9.17) is 4.18 Å². The number of rotatable bonds is 4. The molecule has 0 aliphatic carbocycles. The van der Waals surface area contributed by atoms with E-state index in [-0.39, 0.29) is 10.8 Å². The molecule has 5 nitrogen and oxygen atoms in total. The summed E-state index contributed by atoms with van der Waals surface area (Å²) in [5, 5.41) is 0. The number of hydrogen-bond donors (Lipinski definition) is 0. The molecule has 0 N–H and O–H groups in total. The Kier molecular flexibility index (Phi) is 3.84. The smallest absolute Gasteiger partial charge is 0.341 e. The Hall–Kier alpha value is -1.99. The largest absolute Gasteiger partial charge is 0.379 e. The molecular formula is C15H14N2O3S2. The van der Waals surface area contributed by atoms with Gasteiger partial charge in [-0.15, -0.1) is 0 Å². The zero-order valence-electron chi connectivity index (χ0n) is 12.1. The first-order valence-corrected chi connectivity index (χ1v) is 8.87. The zero-order valence-corrected chi connectivity index (χ0v) is 13.7. The summed E-state index contributed by atoms with van der Waals surface area (Å²) in [6, 6.07) is 11.9. The number of fused-ring (bicyclic) bond motifs is 1. The Bertz CT molecular complexity index is 917. The lowest BCUT2D eigenvalue weighted by atomic mass is 10.0. The lowest BCUT2D eigenvalue weighted by Gasteiger charge is -2.10. The van der Waals surface area contributed by atoms with Gasteiger partial charge in [-0.3, -0.25) is 0 Å². The molecule has 0 aliphatic rings. The predicted octanol–water partition coefficient (Wildman–Crippen LogP) is 3.58. The monoisotopic (exact) mass is 334 g/mol. The first-order chi connectivity index (χ1) is 10.5. The zero-order chi connectivity index (χ0) is 15.7. The Labute approximate surface area is 133 Å². The van der Waals surface area contributed by atoms with Gasteiger partial charge in [-0.1, -0.05) is 32.0 Å². The van der Waals surface area contributed by atoms with Gasteiger partial charge in [0, 0.05) is 0 Å². The molecule has 0 amide bonds. The molecule has 0 aliphatic heterocycles. The van der Waals surface area contributed by atoms with Gasteiger partial charge in [0.2, 0.25) is 0 Å². The first-order valence-electron chi connectivity index (χ1n) is 6.73. The summed E-state index contributed by atoms with van der Waals surface area (Å²) in [4.78, 5) is 0.0358. The third kappa shape index (κ3) is 2.82. The van der Waals surface area contributed by atoms with Gasteiger partial charge in [-0.05, 0) is 35.7 Å². The predicted molar refractivity (Wildman–Crippen MR) is 85.8 cm³/mol. The van der Waals surface area contributed by atoms with E-state index in [0.29, 0.717) is 16.8 Å². The highest BCUT2D eigenvalue weighted by atomic mass is 32.2. The molecule has 1 heterocycles. The van der Waals surface area contributed by atoms with E-state index in [1.807, 2.05) is 19.9 Å². The first kappa shape index (κ1) is 14.9. The van der Waals surface area contributed by atoms with Crippen LogP contribution < -0.4 is 4.18 Å². The summed E-state index contributed by atoms with van der Waals surface area (Å²) in [7, 11) is -3.95. The minimum Gasteiger partial charge on any atom is -0.379 e. The molecule has 2 aromatic carbocycles. The molecule has 0 bridgehead atoms. The van der Waals surface area contributed by atoms with Crippen molar-refractivity contribution in [3.63, 3.8) is 0 Å². The van der Waals surface area contributed by atoms with Crippen molar-refractivity contribution >= 4 is 32.9 Å². The van der Waals surface area contributed by atoms with Gasteiger partial charge in [-0.2, -0.15) is 17.2 Å². The fourth-order valence-electron chi connectivity index (χ4n) is 2.08. The third-order valence-corrected chi connectivity index (χ3v) is 5.07. The summed E-state index contributed by atoms with van der Waals surface area (Å²) in [6.45, 7) is 4.07. The highest BCUT2D eigenvalue weighted by Crippen LogP contribution is 2.26. The van der Waals surface area contributed by atoms with E-state index in [2.05, 4.69) is 8.75 Å². The van der Waals surface area contributed by atoms with Crippen LogP contribution in [0.15, 0.2) is 47.4 Å². The molecule has 0 unspecified atom stereocenters. The molecule has 3 rings (SSSR count). The topological polar surface area (TPSA) is 69.2 Å². The molecule has 0 fully saturated rings. The maximum atomic E-state index is 12.5. The van der Waals surface area contributed by atoms with Crippen LogP contribution in [-0.4, -0.2) is 17.2 Å². The van der Waals surface area contributed by atoms with Crippen molar-refractivity contribution in [3.8, 4) is 5.75 Å². The molecule has 0 saturated heterocycles. The van der Waals surface area contributed by atoms with Crippen molar-refractivity contribution in [2.75, 3.05) is 0 Å². The second kappa shape index (κ2) is 5.66. The molecule has 1 aromatic heterocycles. The number of hydrogen-bond acceptors (Lipinski definition) is 6. The van der Waals surface area contributed by atoms with Gasteiger partial charge in [0.25, 0.3) is 0 Å². The molecule has 0 spiro atoms. The van der Waals surface area contributed by atoms with Gasteiger partial charge < -0.3 is 4.18 Å². The SMILES string of the molecule is CC(C)c1cccc(OS(=O)(=O)c2cccc3nsnc23)c1. The standard InChI is InChI=1S/C15H14N2O3S2/c1-10(2)11-5-3-6-12(9-11)20-22(18,19)14-8-4-7-13-15(14)17-21-16-13/h3-10H,1-2H3. The maximum Gasteiger partial charge on any atom is 0.341 e. The highest BCUT2D eigenvalue weighted by Gasteiger charge is 2.22. The van der Waals surface area contributed by atoms with E-state index in [1.54, 1.807) is 30.3 Å². The van der Waals surface area contributed by atoms with Crippen molar-refractivity contribution in [1.82, 2.24) is 8.75 Å². The average Bonchev–Trinajstić information content (AvgIpc) is 2.95. The van der Waals surface area contributed by atoms with Crippen molar-refractivity contribution in [2.45, 2.75) is 24.7 Å². The van der Waals surface area contributed by atoms with E-state index in [1.165, 1.54) is 6.07 Å². The summed E-state index contributed by atoms with van der Waals surface area (Å²) in [5.74, 6) is 0.587. The Balaban J connectivity index is 2.01. The Morgan fingerprint density at radius 3 is 2.64 bits per heavy atom. The normalized spacial score (nSPS) is 12.0. The lowest BCUT2D eigenvalue weighted by molar-refractivity contribution is 0.486. The van der Waals surface area contributed by atoms with E-state index < -0.39 is 10.1 Å². The summed E-state index contributed by atoms with van der Waals surface area (Å²) in [6.07, 6.45) is 0. The molecule has 114 valence electrons. The highest BCUT2D eigenvalue weighted by molar-refractivity contribution is 7.87. The van der Waals surface area contributed by atoms with Crippen molar-refractivity contribution < 1.29 is 12.6 Å². The molecule has 7 heteroatoms. The third-order valence-electron chi connectivity index (χ3n) is 3.25. The van der Waals surface area contributed by atoms with Crippen LogP contribution in [0.4, 0.5) is 0 Å². The van der Waals surface area contributed by atoms with Crippen molar-refractivity contribution in [3.05, 3.63) is 48.0 Å². The summed E-state index contributed by atoms with van der Waals surface area (Å²) >= 11 is 0.976. The Morgan fingerprint density at radius 2 is 1.86 bits per heavy atom. The van der Waals surface area contributed by atoms with Crippen molar-refractivity contribution in [2.24, 2.45) is 0 Å².